The number of hydrogen-bond acceptors (Lipinski definition) is 6. The first-order valence-electron chi connectivity index (χ1n) is 8.83. The number of rotatable bonds is 4. The molecule has 1 saturated heterocycles. The van der Waals surface area contributed by atoms with Gasteiger partial charge < -0.3 is 19.1 Å². The summed E-state index contributed by atoms with van der Waals surface area (Å²) < 4.78 is 29.4. The van der Waals surface area contributed by atoms with E-state index in [-0.39, 0.29) is 5.82 Å². The van der Waals surface area contributed by atoms with Crippen molar-refractivity contribution < 1.29 is 23.4 Å². The Morgan fingerprint density at radius 1 is 1.00 bits per heavy atom. The second-order valence-corrected chi connectivity index (χ2v) is 6.52. The van der Waals surface area contributed by atoms with Gasteiger partial charge in [0, 0.05) is 37.4 Å². The highest BCUT2D eigenvalue weighted by atomic mass is 19.1. The molecule has 1 fully saturated rings. The summed E-state index contributed by atoms with van der Waals surface area (Å²) in [6.07, 6.45) is -0.428. The Bertz CT molecular complexity index is 848. The summed E-state index contributed by atoms with van der Waals surface area (Å²) in [7, 11) is 3.05. The molecule has 142 valence electrons. The fourth-order valence-corrected chi connectivity index (χ4v) is 3.72. The van der Waals surface area contributed by atoms with Crippen LogP contribution >= 0.6 is 0 Å². The van der Waals surface area contributed by atoms with Gasteiger partial charge in [-0.2, -0.15) is 0 Å². The van der Waals surface area contributed by atoms with Crippen LogP contribution in [0.25, 0.3) is 0 Å². The average Bonchev–Trinajstić information content (AvgIpc) is 3.04. The molecule has 1 atom stereocenters. The van der Waals surface area contributed by atoms with Crippen molar-refractivity contribution in [1.82, 2.24) is 4.90 Å². The molecule has 6 nitrogen and oxygen atoms in total. The predicted molar refractivity (Wildman–Crippen MR) is 97.9 cm³/mol. The quantitative estimate of drug-likeness (QED) is 0.770. The number of methoxy groups -OCH3 is 2. The number of halogens is 1. The van der Waals surface area contributed by atoms with Crippen LogP contribution in [0.15, 0.2) is 36.4 Å². The van der Waals surface area contributed by atoms with E-state index in [9.17, 15) is 9.18 Å². The molecule has 0 radical (unpaired) electrons. The van der Waals surface area contributed by atoms with Crippen LogP contribution in [-0.4, -0.2) is 51.3 Å². The fourth-order valence-electron chi connectivity index (χ4n) is 3.72. The maximum Gasteiger partial charge on any atom is 0.344 e. The van der Waals surface area contributed by atoms with Gasteiger partial charge in [-0.15, -0.1) is 0 Å². The number of nitrogens with zero attached hydrogens (tertiary/aromatic N) is 2. The smallest absolute Gasteiger partial charge is 0.344 e. The molecular weight excluding hydrogens is 351 g/mol. The Balaban J connectivity index is 1.52. The average molecular weight is 372 g/mol. The minimum Gasteiger partial charge on any atom is -0.493 e. The number of fused-ring (bicyclic) bond motifs is 1. The zero-order valence-electron chi connectivity index (χ0n) is 15.3. The van der Waals surface area contributed by atoms with Crippen molar-refractivity contribution in [1.29, 1.82) is 0 Å². The van der Waals surface area contributed by atoms with E-state index < -0.39 is 12.2 Å². The normalized spacial score (nSPS) is 19.6. The minimum absolute atomic E-state index is 0.240. The van der Waals surface area contributed by atoms with E-state index in [1.807, 2.05) is 6.07 Å². The predicted octanol–water partition coefficient (Wildman–Crippen LogP) is 2.83. The first kappa shape index (κ1) is 17.6. The van der Waals surface area contributed by atoms with Gasteiger partial charge in [-0.1, -0.05) is 0 Å². The molecule has 0 unspecified atom stereocenters. The largest absolute Gasteiger partial charge is 0.493 e. The molecule has 0 bridgehead atoms. The van der Waals surface area contributed by atoms with Crippen LogP contribution < -0.4 is 14.4 Å². The monoisotopic (exact) mass is 372 g/mol. The molecule has 7 heteroatoms. The highest BCUT2D eigenvalue weighted by Gasteiger charge is 2.39. The molecule has 0 amide bonds. The molecular formula is C20H21FN2O4. The number of esters is 1. The number of hydrogen-bond donors (Lipinski definition) is 0. The van der Waals surface area contributed by atoms with E-state index in [2.05, 4.69) is 9.80 Å². The third-order valence-corrected chi connectivity index (χ3v) is 5.10. The van der Waals surface area contributed by atoms with Gasteiger partial charge in [-0.3, -0.25) is 4.90 Å². The van der Waals surface area contributed by atoms with E-state index in [1.165, 1.54) is 26.4 Å². The number of ether oxygens (including phenoxy) is 3. The van der Waals surface area contributed by atoms with Gasteiger partial charge in [-0.05, 0) is 36.4 Å². The molecule has 2 heterocycles. The zero-order chi connectivity index (χ0) is 19.0. The lowest BCUT2D eigenvalue weighted by Crippen LogP contribution is -2.47. The molecule has 2 aliphatic rings. The molecule has 2 aromatic rings. The summed E-state index contributed by atoms with van der Waals surface area (Å²) >= 11 is 0. The van der Waals surface area contributed by atoms with Crippen molar-refractivity contribution in [3.05, 3.63) is 53.3 Å². The fraction of sp³-hybridized carbons (Fsp3) is 0.350. The maximum absolute atomic E-state index is 13.1. The Hall–Kier alpha value is -2.80. The Labute approximate surface area is 157 Å². The van der Waals surface area contributed by atoms with Crippen LogP contribution in [0, 0.1) is 5.82 Å². The van der Waals surface area contributed by atoms with Crippen LogP contribution in [0.3, 0.4) is 0 Å². The van der Waals surface area contributed by atoms with Gasteiger partial charge in [0.2, 0.25) is 0 Å². The second-order valence-electron chi connectivity index (χ2n) is 6.52. The SMILES string of the molecule is COc1ccc2c(c1OC)C(=O)O[C@@H]2N1CCN(c2ccc(F)cc2)CC1. The second kappa shape index (κ2) is 7.08. The number of anilines is 1. The summed E-state index contributed by atoms with van der Waals surface area (Å²) in [5, 5.41) is 0. The number of piperazine rings is 1. The first-order valence-corrected chi connectivity index (χ1v) is 8.83. The van der Waals surface area contributed by atoms with E-state index >= 15 is 0 Å². The van der Waals surface area contributed by atoms with Crippen molar-refractivity contribution in [2.24, 2.45) is 0 Å². The van der Waals surface area contributed by atoms with Gasteiger partial charge in [0.15, 0.2) is 17.7 Å². The molecule has 0 spiro atoms. The number of cyclic esters (lactones) is 1. The molecule has 2 aromatic carbocycles. The number of benzene rings is 2. The molecule has 0 N–H and O–H groups in total. The van der Waals surface area contributed by atoms with Gasteiger partial charge in [0.25, 0.3) is 0 Å². The van der Waals surface area contributed by atoms with Crippen LogP contribution in [0.1, 0.15) is 22.1 Å². The van der Waals surface area contributed by atoms with E-state index in [0.29, 0.717) is 17.1 Å². The lowest BCUT2D eigenvalue weighted by Gasteiger charge is -2.38. The van der Waals surface area contributed by atoms with E-state index in [1.54, 1.807) is 18.2 Å². The van der Waals surface area contributed by atoms with Gasteiger partial charge in [-0.25, -0.2) is 9.18 Å². The Morgan fingerprint density at radius 3 is 2.33 bits per heavy atom. The topological polar surface area (TPSA) is 51.2 Å². The van der Waals surface area contributed by atoms with E-state index in [4.69, 9.17) is 14.2 Å². The minimum atomic E-state index is -0.428. The standard InChI is InChI=1S/C20H21FN2O4/c1-25-16-8-7-15-17(18(16)26-2)20(24)27-19(15)23-11-9-22(10-12-23)14-5-3-13(21)4-6-14/h3-8,19H,9-12H2,1-2H3/t19-/m0/s1. The van der Waals surface area contributed by atoms with Crippen molar-refractivity contribution in [2.45, 2.75) is 6.23 Å². The van der Waals surface area contributed by atoms with Crippen LogP contribution in [0.5, 0.6) is 11.5 Å². The lowest BCUT2D eigenvalue weighted by molar-refractivity contribution is -0.0251. The van der Waals surface area contributed by atoms with Crippen LogP contribution in [-0.2, 0) is 4.74 Å². The van der Waals surface area contributed by atoms with Crippen molar-refractivity contribution >= 4 is 11.7 Å². The van der Waals surface area contributed by atoms with E-state index in [0.717, 1.165) is 37.4 Å². The highest BCUT2D eigenvalue weighted by molar-refractivity contribution is 5.98. The third-order valence-electron chi connectivity index (χ3n) is 5.10. The summed E-state index contributed by atoms with van der Waals surface area (Å²) in [6, 6.07) is 10.2. The molecule has 0 aromatic heterocycles. The maximum atomic E-state index is 13.1. The summed E-state index contributed by atoms with van der Waals surface area (Å²) in [5.41, 5.74) is 2.22. The first-order chi connectivity index (χ1) is 13.1. The molecule has 27 heavy (non-hydrogen) atoms. The van der Waals surface area contributed by atoms with Crippen LogP contribution in [0.4, 0.5) is 10.1 Å². The number of carbonyl (C=O) groups is 1. The summed E-state index contributed by atoms with van der Waals surface area (Å²) in [5.74, 6) is 0.283. The summed E-state index contributed by atoms with van der Waals surface area (Å²) in [4.78, 5) is 16.8. The molecule has 2 aliphatic heterocycles. The zero-order valence-corrected chi connectivity index (χ0v) is 15.3. The van der Waals surface area contributed by atoms with Crippen molar-refractivity contribution in [2.75, 3.05) is 45.3 Å². The Morgan fingerprint density at radius 2 is 1.70 bits per heavy atom. The number of carbonyl (C=O) groups excluding carboxylic acids is 1. The lowest BCUT2D eigenvalue weighted by atomic mass is 10.1. The third kappa shape index (κ3) is 3.08. The van der Waals surface area contributed by atoms with Gasteiger partial charge >= 0.3 is 5.97 Å². The highest BCUT2D eigenvalue weighted by Crippen LogP contribution is 2.43. The van der Waals surface area contributed by atoms with Crippen LogP contribution in [0.2, 0.25) is 0 Å². The van der Waals surface area contributed by atoms with Crippen molar-refractivity contribution in [3.63, 3.8) is 0 Å². The molecule has 0 aliphatic carbocycles. The van der Waals surface area contributed by atoms with Gasteiger partial charge in [0.1, 0.15) is 11.4 Å². The molecule has 4 rings (SSSR count). The van der Waals surface area contributed by atoms with Gasteiger partial charge in [0.05, 0.1) is 14.2 Å². The molecule has 0 saturated carbocycles. The Kier molecular flexibility index (Phi) is 4.61. The summed E-state index contributed by atoms with van der Waals surface area (Å²) in [6.45, 7) is 2.98. The van der Waals surface area contributed by atoms with Crippen molar-refractivity contribution in [3.8, 4) is 11.5 Å².